The maximum absolute atomic E-state index is 12.0. The molecule has 1 saturated carbocycles. The number of benzene rings is 1. The van der Waals surface area contributed by atoms with Crippen LogP contribution in [-0.4, -0.2) is 12.5 Å². The predicted molar refractivity (Wildman–Crippen MR) is 82.3 cm³/mol. The Hall–Kier alpha value is -0.830. The van der Waals surface area contributed by atoms with Gasteiger partial charge in [0, 0.05) is 11.0 Å². The summed E-state index contributed by atoms with van der Waals surface area (Å²) >= 11 is 3.41. The Balaban J connectivity index is 1.76. The lowest BCUT2D eigenvalue weighted by Crippen LogP contribution is -2.26. The first-order valence-electron chi connectivity index (χ1n) is 7.30. The van der Waals surface area contributed by atoms with Crippen LogP contribution in [0.4, 0.5) is 0 Å². The van der Waals surface area contributed by atoms with Crippen LogP contribution in [-0.2, 0) is 0 Å². The van der Waals surface area contributed by atoms with Gasteiger partial charge >= 0.3 is 0 Å². The highest BCUT2D eigenvalue weighted by atomic mass is 79.9. The normalized spacial score (nSPS) is 16.9. The van der Waals surface area contributed by atoms with Crippen molar-refractivity contribution in [3.05, 3.63) is 34.3 Å². The van der Waals surface area contributed by atoms with Crippen molar-refractivity contribution in [3.63, 3.8) is 0 Å². The summed E-state index contributed by atoms with van der Waals surface area (Å²) in [6.07, 6.45) is 9.30. The molecule has 0 bridgehead atoms. The Morgan fingerprint density at radius 3 is 2.53 bits per heavy atom. The predicted octanol–water partition coefficient (Wildman–Crippen LogP) is 4.54. The molecule has 0 unspecified atom stereocenters. The zero-order valence-electron chi connectivity index (χ0n) is 11.3. The maximum Gasteiger partial charge on any atom is 0.252 e. The molecule has 0 radical (unpaired) electrons. The molecule has 1 amide bonds. The number of halogens is 1. The third kappa shape index (κ3) is 4.64. The molecule has 1 fully saturated rings. The first-order chi connectivity index (χ1) is 9.27. The number of hydrogen-bond donors (Lipinski definition) is 1. The van der Waals surface area contributed by atoms with Crippen LogP contribution in [0.1, 0.15) is 55.3 Å². The van der Waals surface area contributed by atoms with Crippen LogP contribution in [0.25, 0.3) is 0 Å². The van der Waals surface area contributed by atoms with Crippen molar-refractivity contribution in [2.75, 3.05) is 6.54 Å². The fraction of sp³-hybridized carbons (Fsp3) is 0.562. The monoisotopic (exact) mass is 323 g/mol. The Kier molecular flexibility index (Phi) is 5.90. The number of nitrogens with one attached hydrogen (secondary N) is 1. The van der Waals surface area contributed by atoms with Crippen molar-refractivity contribution in [2.24, 2.45) is 5.92 Å². The largest absolute Gasteiger partial charge is 0.352 e. The van der Waals surface area contributed by atoms with E-state index in [9.17, 15) is 4.79 Å². The van der Waals surface area contributed by atoms with Crippen molar-refractivity contribution in [1.82, 2.24) is 5.32 Å². The lowest BCUT2D eigenvalue weighted by Gasteiger charge is -2.14. The maximum atomic E-state index is 12.0. The van der Waals surface area contributed by atoms with Gasteiger partial charge in [0.2, 0.25) is 0 Å². The molecule has 3 heteroatoms. The summed E-state index contributed by atoms with van der Waals surface area (Å²) in [6.45, 7) is 0.796. The molecule has 0 heterocycles. The van der Waals surface area contributed by atoms with E-state index < -0.39 is 0 Å². The fourth-order valence-corrected chi connectivity index (χ4v) is 3.25. The summed E-state index contributed by atoms with van der Waals surface area (Å²) in [7, 11) is 0. The third-order valence-corrected chi connectivity index (χ3v) is 4.62. The van der Waals surface area contributed by atoms with Gasteiger partial charge in [-0.25, -0.2) is 0 Å². The summed E-state index contributed by atoms with van der Waals surface area (Å²) in [5.41, 5.74) is 0.725. The highest BCUT2D eigenvalue weighted by Crippen LogP contribution is 2.25. The second-order valence-corrected chi connectivity index (χ2v) is 6.24. The molecule has 2 nitrogen and oxygen atoms in total. The standard InChI is InChI=1S/C16H22BrNO/c17-15-10-6-5-9-14(15)16(19)18-12-11-13-7-3-1-2-4-8-13/h5-6,9-10,13H,1-4,7-8,11-12H2,(H,18,19). The van der Waals surface area contributed by atoms with Gasteiger partial charge in [-0.05, 0) is 40.4 Å². The van der Waals surface area contributed by atoms with Gasteiger partial charge in [0.25, 0.3) is 5.91 Å². The van der Waals surface area contributed by atoms with E-state index >= 15 is 0 Å². The average molecular weight is 324 g/mol. The number of rotatable bonds is 4. The fourth-order valence-electron chi connectivity index (χ4n) is 2.78. The lowest BCUT2D eigenvalue weighted by molar-refractivity contribution is 0.0950. The minimum Gasteiger partial charge on any atom is -0.352 e. The van der Waals surface area contributed by atoms with Crippen molar-refractivity contribution < 1.29 is 4.79 Å². The summed E-state index contributed by atoms with van der Waals surface area (Å²) in [5.74, 6) is 0.836. The molecule has 2 rings (SSSR count). The Labute approximate surface area is 124 Å². The SMILES string of the molecule is O=C(NCCC1CCCCCC1)c1ccccc1Br. The second-order valence-electron chi connectivity index (χ2n) is 5.38. The molecule has 1 aliphatic rings. The second kappa shape index (κ2) is 7.68. The Bertz CT molecular complexity index is 411. The van der Waals surface area contributed by atoms with Gasteiger partial charge in [0.05, 0.1) is 5.56 Å². The van der Waals surface area contributed by atoms with Crippen molar-refractivity contribution >= 4 is 21.8 Å². The van der Waals surface area contributed by atoms with Crippen LogP contribution in [0.2, 0.25) is 0 Å². The van der Waals surface area contributed by atoms with E-state index in [1.807, 2.05) is 24.3 Å². The zero-order valence-corrected chi connectivity index (χ0v) is 12.9. The summed E-state index contributed by atoms with van der Waals surface area (Å²) in [4.78, 5) is 12.0. The van der Waals surface area contributed by atoms with E-state index in [0.29, 0.717) is 0 Å². The van der Waals surface area contributed by atoms with Gasteiger partial charge in [-0.3, -0.25) is 4.79 Å². The first kappa shape index (κ1) is 14.6. The highest BCUT2D eigenvalue weighted by molar-refractivity contribution is 9.10. The average Bonchev–Trinajstić information content (AvgIpc) is 2.68. The number of carbonyl (C=O) groups is 1. The van der Waals surface area contributed by atoms with E-state index in [-0.39, 0.29) is 5.91 Å². The molecule has 104 valence electrons. The third-order valence-electron chi connectivity index (χ3n) is 3.93. The van der Waals surface area contributed by atoms with E-state index in [4.69, 9.17) is 0 Å². The summed E-state index contributed by atoms with van der Waals surface area (Å²) in [5, 5.41) is 3.04. The van der Waals surface area contributed by atoms with Crippen molar-refractivity contribution in [3.8, 4) is 0 Å². The van der Waals surface area contributed by atoms with Gasteiger partial charge < -0.3 is 5.32 Å². The van der Waals surface area contributed by atoms with Crippen LogP contribution < -0.4 is 5.32 Å². The molecule has 1 aromatic rings. The molecular weight excluding hydrogens is 302 g/mol. The summed E-state index contributed by atoms with van der Waals surface area (Å²) < 4.78 is 0.863. The van der Waals surface area contributed by atoms with Gasteiger partial charge in [0.1, 0.15) is 0 Å². The highest BCUT2D eigenvalue weighted by Gasteiger charge is 2.13. The molecule has 1 N–H and O–H groups in total. The quantitative estimate of drug-likeness (QED) is 0.810. The van der Waals surface area contributed by atoms with Gasteiger partial charge in [0.15, 0.2) is 0 Å². The van der Waals surface area contributed by atoms with Crippen LogP contribution >= 0.6 is 15.9 Å². The zero-order chi connectivity index (χ0) is 13.5. The lowest BCUT2D eigenvalue weighted by atomic mass is 9.97. The van der Waals surface area contributed by atoms with Crippen LogP contribution in [0.15, 0.2) is 28.7 Å². The molecule has 1 aliphatic carbocycles. The molecule has 19 heavy (non-hydrogen) atoms. The van der Waals surface area contributed by atoms with Crippen molar-refractivity contribution in [2.45, 2.75) is 44.9 Å². The molecular formula is C16H22BrNO. The number of hydrogen-bond acceptors (Lipinski definition) is 1. The molecule has 0 spiro atoms. The van der Waals surface area contributed by atoms with Crippen molar-refractivity contribution in [1.29, 1.82) is 0 Å². The molecule has 0 aromatic heterocycles. The minimum absolute atomic E-state index is 0.0288. The Morgan fingerprint density at radius 1 is 1.16 bits per heavy atom. The van der Waals surface area contributed by atoms with Crippen LogP contribution in [0.5, 0.6) is 0 Å². The number of amides is 1. The van der Waals surface area contributed by atoms with E-state index in [1.165, 1.54) is 38.5 Å². The Morgan fingerprint density at radius 2 is 1.84 bits per heavy atom. The summed E-state index contributed by atoms with van der Waals surface area (Å²) in [6, 6.07) is 7.57. The topological polar surface area (TPSA) is 29.1 Å². The van der Waals surface area contributed by atoms with Crippen LogP contribution in [0, 0.1) is 5.92 Å². The van der Waals surface area contributed by atoms with Gasteiger partial charge in [-0.15, -0.1) is 0 Å². The molecule has 1 aromatic carbocycles. The van der Waals surface area contributed by atoms with Gasteiger partial charge in [-0.2, -0.15) is 0 Å². The van der Waals surface area contributed by atoms with Gasteiger partial charge in [-0.1, -0.05) is 50.7 Å². The molecule has 0 aliphatic heterocycles. The van der Waals surface area contributed by atoms with E-state index in [2.05, 4.69) is 21.2 Å². The molecule has 0 saturated heterocycles. The smallest absolute Gasteiger partial charge is 0.252 e. The van der Waals surface area contributed by atoms with Crippen LogP contribution in [0.3, 0.4) is 0 Å². The van der Waals surface area contributed by atoms with E-state index in [0.717, 1.165) is 28.9 Å². The van der Waals surface area contributed by atoms with E-state index in [1.54, 1.807) is 0 Å². The first-order valence-corrected chi connectivity index (χ1v) is 8.09. The minimum atomic E-state index is 0.0288. The molecule has 0 atom stereocenters. The number of carbonyl (C=O) groups excluding carboxylic acids is 1.